The normalized spacial score (nSPS) is 18.7. The second kappa shape index (κ2) is 8.49. The van der Waals surface area contributed by atoms with Crippen LogP contribution in [0, 0.1) is 17.6 Å². The highest BCUT2D eigenvalue weighted by Gasteiger charge is 2.45. The van der Waals surface area contributed by atoms with Gasteiger partial charge in [-0.15, -0.1) is 5.10 Å². The van der Waals surface area contributed by atoms with Gasteiger partial charge in [0.05, 0.1) is 5.56 Å². The Labute approximate surface area is 196 Å². The number of benzene rings is 2. The lowest BCUT2D eigenvalue weighted by Crippen LogP contribution is -2.23. The van der Waals surface area contributed by atoms with Crippen molar-refractivity contribution < 1.29 is 26.7 Å². The number of halogens is 5. The molecule has 0 amide bonds. The van der Waals surface area contributed by atoms with E-state index in [0.717, 1.165) is 36.6 Å². The van der Waals surface area contributed by atoms with Gasteiger partial charge >= 0.3 is 6.18 Å². The summed E-state index contributed by atoms with van der Waals surface area (Å²) in [5.74, 6) is 4.21. The Hall–Kier alpha value is -3.73. The number of hydrazone groups is 1. The van der Waals surface area contributed by atoms with E-state index in [2.05, 4.69) is 10.1 Å². The fraction of sp³-hybridized carbons (Fsp3) is 0.250. The average Bonchev–Trinajstić information content (AvgIpc) is 3.48. The highest BCUT2D eigenvalue weighted by molar-refractivity contribution is 5.97. The van der Waals surface area contributed by atoms with Crippen LogP contribution in [0.5, 0.6) is 5.88 Å². The summed E-state index contributed by atoms with van der Waals surface area (Å²) in [7, 11) is 0. The summed E-state index contributed by atoms with van der Waals surface area (Å²) in [4.78, 5) is 4.24. The predicted molar refractivity (Wildman–Crippen MR) is 118 cm³/mol. The number of nitrogens with zero attached hydrogens (tertiary/aromatic N) is 2. The van der Waals surface area contributed by atoms with Crippen molar-refractivity contribution in [1.82, 2.24) is 10.5 Å². The highest BCUT2D eigenvalue weighted by atomic mass is 19.4. The van der Waals surface area contributed by atoms with Crippen molar-refractivity contribution in [3.8, 4) is 17.0 Å². The van der Waals surface area contributed by atoms with Crippen LogP contribution in [0.2, 0.25) is 0 Å². The molecule has 6 nitrogen and oxygen atoms in total. The lowest BCUT2D eigenvalue weighted by atomic mass is 9.95. The molecule has 1 fully saturated rings. The molecular weight excluding hydrogens is 469 g/mol. The first-order chi connectivity index (χ1) is 16.7. The van der Waals surface area contributed by atoms with Crippen LogP contribution in [-0.2, 0) is 19.2 Å². The van der Waals surface area contributed by atoms with Crippen molar-refractivity contribution in [3.63, 3.8) is 0 Å². The number of pyridine rings is 1. The molecule has 2 aromatic carbocycles. The molecule has 1 heterocycles. The number of ether oxygens (including phenoxy) is 1. The zero-order valence-electron chi connectivity index (χ0n) is 18.2. The Morgan fingerprint density at radius 3 is 2.63 bits per heavy atom. The number of fused-ring (bicyclic) bond motifs is 3. The molecule has 1 saturated carbocycles. The number of nitrogens with one attached hydrogen (secondary N) is 1. The summed E-state index contributed by atoms with van der Waals surface area (Å²) in [6, 6.07) is 6.39. The molecule has 11 heteroatoms. The molecule has 5 N–H and O–H groups in total. The number of aromatic nitrogens is 1. The van der Waals surface area contributed by atoms with Gasteiger partial charge in [-0.05, 0) is 59.6 Å². The fourth-order valence-corrected chi connectivity index (χ4v) is 4.58. The Morgan fingerprint density at radius 1 is 1.11 bits per heavy atom. The Kier molecular flexibility index (Phi) is 5.59. The Balaban J connectivity index is 1.47. The van der Waals surface area contributed by atoms with Crippen LogP contribution in [-0.4, -0.2) is 10.8 Å². The zero-order valence-corrected chi connectivity index (χ0v) is 18.2. The van der Waals surface area contributed by atoms with Gasteiger partial charge < -0.3 is 10.5 Å². The molecule has 2 atom stereocenters. The maximum atomic E-state index is 14.9. The third kappa shape index (κ3) is 4.39. The minimum absolute atomic E-state index is 0.101. The standard InChI is InChI=1S/C24H20F5N5O/c25-20-8-19(24(27,28)29)17(15-2-1-11(6-21(15)26)23(30)33-34-31)5-14(20)10-35-22-7-13-3-12-4-16(12)18(13)9-32-22/h1-2,5-9,12,16,34H,3-4,10,31H2,(H2,30,33). The van der Waals surface area contributed by atoms with Gasteiger partial charge in [-0.3, -0.25) is 0 Å². The first kappa shape index (κ1) is 23.0. The van der Waals surface area contributed by atoms with E-state index < -0.39 is 28.9 Å². The second-order valence-corrected chi connectivity index (χ2v) is 8.62. The quantitative estimate of drug-likeness (QED) is 0.157. The van der Waals surface area contributed by atoms with Gasteiger partial charge in [-0.1, -0.05) is 12.1 Å². The molecule has 5 rings (SSSR count). The maximum absolute atomic E-state index is 14.9. The van der Waals surface area contributed by atoms with Crippen molar-refractivity contribution in [2.45, 2.75) is 31.5 Å². The molecule has 2 unspecified atom stereocenters. The predicted octanol–water partition coefficient (Wildman–Crippen LogP) is 4.37. The van der Waals surface area contributed by atoms with E-state index in [9.17, 15) is 22.0 Å². The SMILES string of the molecule is NN/N=C(\N)c1ccc(-c2cc(COc3cc4c(cn3)C3CC3C4)c(F)cc2C(F)(F)F)c(F)c1. The second-order valence-electron chi connectivity index (χ2n) is 8.62. The molecule has 0 aliphatic heterocycles. The lowest BCUT2D eigenvalue weighted by molar-refractivity contribution is -0.137. The van der Waals surface area contributed by atoms with E-state index in [1.165, 1.54) is 11.6 Å². The maximum Gasteiger partial charge on any atom is 0.417 e. The molecule has 2 aliphatic carbocycles. The van der Waals surface area contributed by atoms with Crippen molar-refractivity contribution in [2.24, 2.45) is 22.6 Å². The lowest BCUT2D eigenvalue weighted by Gasteiger charge is -2.17. The van der Waals surface area contributed by atoms with Gasteiger partial charge in [0.1, 0.15) is 18.2 Å². The van der Waals surface area contributed by atoms with E-state index in [0.29, 0.717) is 17.9 Å². The zero-order chi connectivity index (χ0) is 24.9. The number of amidine groups is 1. The topological polar surface area (TPSA) is 98.5 Å². The summed E-state index contributed by atoms with van der Waals surface area (Å²) in [5.41, 5.74) is 7.60. The van der Waals surface area contributed by atoms with E-state index in [1.54, 1.807) is 12.3 Å². The van der Waals surface area contributed by atoms with Crippen molar-refractivity contribution in [1.29, 1.82) is 0 Å². The monoisotopic (exact) mass is 489 g/mol. The first-order valence-electron chi connectivity index (χ1n) is 10.8. The number of hydrogen-bond donors (Lipinski definition) is 3. The van der Waals surface area contributed by atoms with Gasteiger partial charge in [0.25, 0.3) is 0 Å². The molecule has 182 valence electrons. The van der Waals surface area contributed by atoms with Crippen LogP contribution < -0.4 is 21.8 Å². The number of rotatable bonds is 6. The summed E-state index contributed by atoms with van der Waals surface area (Å²) >= 11 is 0. The van der Waals surface area contributed by atoms with Crippen LogP contribution in [0.15, 0.2) is 47.7 Å². The number of alkyl halides is 3. The van der Waals surface area contributed by atoms with Gasteiger partial charge in [-0.2, -0.15) is 13.2 Å². The third-order valence-corrected chi connectivity index (χ3v) is 6.41. The van der Waals surface area contributed by atoms with E-state index in [-0.39, 0.29) is 35.0 Å². The van der Waals surface area contributed by atoms with E-state index in [4.69, 9.17) is 16.3 Å². The molecule has 35 heavy (non-hydrogen) atoms. The molecule has 2 aliphatic rings. The largest absolute Gasteiger partial charge is 0.473 e. The number of nitrogens with two attached hydrogens (primary N) is 2. The smallest absolute Gasteiger partial charge is 0.417 e. The number of hydrazine groups is 1. The Bertz CT molecular complexity index is 1340. The molecule has 0 saturated heterocycles. The van der Waals surface area contributed by atoms with Crippen LogP contribution in [0.4, 0.5) is 22.0 Å². The molecule has 1 aromatic heterocycles. The average molecular weight is 489 g/mol. The van der Waals surface area contributed by atoms with Gasteiger partial charge in [0.2, 0.25) is 5.88 Å². The first-order valence-corrected chi connectivity index (χ1v) is 10.8. The number of hydrogen-bond acceptors (Lipinski definition) is 5. The van der Waals surface area contributed by atoms with E-state index >= 15 is 0 Å². The highest BCUT2D eigenvalue weighted by Crippen LogP contribution is 2.56. The van der Waals surface area contributed by atoms with E-state index in [1.807, 2.05) is 5.53 Å². The molecule has 3 aromatic rings. The van der Waals surface area contributed by atoms with Crippen LogP contribution in [0.1, 0.15) is 40.2 Å². The fourth-order valence-electron chi connectivity index (χ4n) is 4.58. The van der Waals surface area contributed by atoms with Crippen LogP contribution >= 0.6 is 0 Å². The third-order valence-electron chi connectivity index (χ3n) is 6.41. The van der Waals surface area contributed by atoms with Crippen molar-refractivity contribution in [2.75, 3.05) is 0 Å². The van der Waals surface area contributed by atoms with Gasteiger partial charge in [0, 0.05) is 29.0 Å². The van der Waals surface area contributed by atoms with Gasteiger partial charge in [0.15, 0.2) is 5.84 Å². The molecule has 0 bridgehead atoms. The minimum atomic E-state index is -4.92. The molecule has 0 spiro atoms. The van der Waals surface area contributed by atoms with Crippen LogP contribution in [0.25, 0.3) is 11.1 Å². The molecule has 0 radical (unpaired) electrons. The Morgan fingerprint density at radius 2 is 1.91 bits per heavy atom. The van der Waals surface area contributed by atoms with Crippen LogP contribution in [0.3, 0.4) is 0 Å². The van der Waals surface area contributed by atoms with Crippen molar-refractivity contribution in [3.05, 3.63) is 82.0 Å². The summed E-state index contributed by atoms with van der Waals surface area (Å²) in [6.45, 7) is -0.378. The van der Waals surface area contributed by atoms with Crippen molar-refractivity contribution >= 4 is 5.84 Å². The molecular formula is C24H20F5N5O. The summed E-state index contributed by atoms with van der Waals surface area (Å²) in [5, 5.41) is 3.51. The summed E-state index contributed by atoms with van der Waals surface area (Å²) < 4.78 is 76.3. The summed E-state index contributed by atoms with van der Waals surface area (Å²) in [6.07, 6.45) is -1.09. The minimum Gasteiger partial charge on any atom is -0.473 e. The van der Waals surface area contributed by atoms with Gasteiger partial charge in [-0.25, -0.2) is 25.1 Å².